The lowest BCUT2D eigenvalue weighted by Gasteiger charge is -2.14. The Balaban J connectivity index is 1.55. The maximum absolute atomic E-state index is 13.4. The van der Waals surface area contributed by atoms with E-state index in [-0.39, 0.29) is 11.5 Å². The molecule has 206 valence electrons. The van der Waals surface area contributed by atoms with Crippen LogP contribution in [0.5, 0.6) is 11.5 Å². The molecule has 0 fully saturated rings. The van der Waals surface area contributed by atoms with Gasteiger partial charge in [0.1, 0.15) is 5.70 Å². The number of anilines is 1. The highest BCUT2D eigenvalue weighted by Gasteiger charge is 2.17. The van der Waals surface area contributed by atoms with Crippen LogP contribution in [0.25, 0.3) is 12.2 Å². The Hall–Kier alpha value is -5.43. The van der Waals surface area contributed by atoms with E-state index in [9.17, 15) is 14.4 Å². The first kappa shape index (κ1) is 28.6. The van der Waals surface area contributed by atoms with Gasteiger partial charge in [-0.05, 0) is 67.1 Å². The molecule has 41 heavy (non-hydrogen) atoms. The van der Waals surface area contributed by atoms with Gasteiger partial charge in [-0.15, -0.1) is 0 Å². The standard InChI is InChI=1S/C34H30N2O5/c1-23-12-14-24(15-13-23)16-21-30(37)25-17-19-28(20-18-25)35-34(39)29(36-33(38)26-8-5-4-6-9-26)22-27-10-7-11-31(40-2)32(27)41-3/h4-22H,1-3H3,(H,35,39)(H,36,38)/b21-16+,29-22-. The van der Waals surface area contributed by atoms with Crippen LogP contribution in [0.3, 0.4) is 0 Å². The van der Waals surface area contributed by atoms with E-state index >= 15 is 0 Å². The molecule has 7 nitrogen and oxygen atoms in total. The molecule has 0 saturated carbocycles. The molecule has 4 aromatic rings. The monoisotopic (exact) mass is 546 g/mol. The van der Waals surface area contributed by atoms with Crippen molar-refractivity contribution in [2.24, 2.45) is 0 Å². The minimum Gasteiger partial charge on any atom is -0.493 e. The van der Waals surface area contributed by atoms with Crippen LogP contribution < -0.4 is 20.1 Å². The molecule has 0 atom stereocenters. The number of hydrogen-bond donors (Lipinski definition) is 2. The predicted octanol–water partition coefficient (Wildman–Crippen LogP) is 6.32. The average Bonchev–Trinajstić information content (AvgIpc) is 3.00. The van der Waals surface area contributed by atoms with Crippen molar-refractivity contribution >= 4 is 35.4 Å². The van der Waals surface area contributed by atoms with E-state index in [0.717, 1.165) is 11.1 Å². The highest BCUT2D eigenvalue weighted by molar-refractivity contribution is 6.11. The Morgan fingerprint density at radius 2 is 1.44 bits per heavy atom. The van der Waals surface area contributed by atoms with Gasteiger partial charge in [-0.1, -0.05) is 66.2 Å². The van der Waals surface area contributed by atoms with Gasteiger partial charge in [-0.25, -0.2) is 0 Å². The van der Waals surface area contributed by atoms with Crippen molar-refractivity contribution in [2.75, 3.05) is 19.5 Å². The molecule has 7 heteroatoms. The highest BCUT2D eigenvalue weighted by Crippen LogP contribution is 2.32. The Kier molecular flexibility index (Phi) is 9.46. The first-order valence-electron chi connectivity index (χ1n) is 12.9. The zero-order valence-corrected chi connectivity index (χ0v) is 23.0. The maximum Gasteiger partial charge on any atom is 0.272 e. The first-order chi connectivity index (χ1) is 19.9. The number of carbonyl (C=O) groups excluding carboxylic acids is 3. The molecule has 0 aliphatic heterocycles. The van der Waals surface area contributed by atoms with Crippen molar-refractivity contribution in [1.82, 2.24) is 5.32 Å². The second-order valence-corrected chi connectivity index (χ2v) is 9.10. The molecule has 2 N–H and O–H groups in total. The van der Waals surface area contributed by atoms with E-state index in [4.69, 9.17) is 9.47 Å². The summed E-state index contributed by atoms with van der Waals surface area (Å²) in [6.07, 6.45) is 4.79. The Labute approximate surface area is 239 Å². The summed E-state index contributed by atoms with van der Waals surface area (Å²) in [5, 5.41) is 5.50. The lowest BCUT2D eigenvalue weighted by molar-refractivity contribution is -0.113. The summed E-state index contributed by atoms with van der Waals surface area (Å²) >= 11 is 0. The highest BCUT2D eigenvalue weighted by atomic mass is 16.5. The first-order valence-corrected chi connectivity index (χ1v) is 12.9. The molecule has 0 aromatic heterocycles. The number of benzene rings is 4. The number of para-hydroxylation sites is 1. The number of ketones is 1. The number of allylic oxidation sites excluding steroid dienone is 1. The number of amides is 2. The Bertz CT molecular complexity index is 1590. The molecule has 0 unspecified atom stereocenters. The van der Waals surface area contributed by atoms with Gasteiger partial charge >= 0.3 is 0 Å². The van der Waals surface area contributed by atoms with Gasteiger partial charge in [0, 0.05) is 22.4 Å². The van der Waals surface area contributed by atoms with Crippen LogP contribution in [0.1, 0.15) is 37.4 Å². The molecule has 0 bridgehead atoms. The van der Waals surface area contributed by atoms with Crippen molar-refractivity contribution in [3.8, 4) is 11.5 Å². The number of rotatable bonds is 10. The van der Waals surface area contributed by atoms with E-state index in [1.165, 1.54) is 26.4 Å². The van der Waals surface area contributed by atoms with Crippen molar-refractivity contribution in [2.45, 2.75) is 6.92 Å². The third-order valence-electron chi connectivity index (χ3n) is 6.19. The molecule has 0 saturated heterocycles. The average molecular weight is 547 g/mol. The molecule has 0 aliphatic carbocycles. The summed E-state index contributed by atoms with van der Waals surface area (Å²) in [5.74, 6) is -0.278. The van der Waals surface area contributed by atoms with Crippen molar-refractivity contribution in [1.29, 1.82) is 0 Å². The van der Waals surface area contributed by atoms with Crippen LogP contribution in [0.15, 0.2) is 109 Å². The Morgan fingerprint density at radius 1 is 0.732 bits per heavy atom. The lowest BCUT2D eigenvalue weighted by Crippen LogP contribution is -2.30. The van der Waals surface area contributed by atoms with Gasteiger partial charge in [-0.2, -0.15) is 0 Å². The quantitative estimate of drug-likeness (QED) is 0.179. The second-order valence-electron chi connectivity index (χ2n) is 9.10. The van der Waals surface area contributed by atoms with E-state index in [0.29, 0.717) is 33.9 Å². The zero-order valence-electron chi connectivity index (χ0n) is 23.0. The summed E-state index contributed by atoms with van der Waals surface area (Å²) in [6, 6.07) is 28.2. The molecule has 0 radical (unpaired) electrons. The number of methoxy groups -OCH3 is 2. The third-order valence-corrected chi connectivity index (χ3v) is 6.19. The van der Waals surface area contributed by atoms with E-state index in [1.807, 2.05) is 31.2 Å². The molecular weight excluding hydrogens is 516 g/mol. The SMILES string of the molecule is COc1cccc(/C=C(\NC(=O)c2ccccc2)C(=O)Nc2ccc(C(=O)/C=C/c3ccc(C)cc3)cc2)c1OC. The fourth-order valence-electron chi connectivity index (χ4n) is 3.99. The normalized spacial score (nSPS) is 11.1. The summed E-state index contributed by atoms with van der Waals surface area (Å²) in [4.78, 5) is 39.0. The van der Waals surface area contributed by atoms with Crippen LogP contribution >= 0.6 is 0 Å². The van der Waals surface area contributed by atoms with Crippen LogP contribution in [0.2, 0.25) is 0 Å². The minimum absolute atomic E-state index is 0.00779. The number of aryl methyl sites for hydroxylation is 1. The van der Waals surface area contributed by atoms with Gasteiger partial charge < -0.3 is 20.1 Å². The molecule has 2 amide bonds. The van der Waals surface area contributed by atoms with Crippen molar-refractivity contribution < 1.29 is 23.9 Å². The predicted molar refractivity (Wildman–Crippen MR) is 161 cm³/mol. The summed E-state index contributed by atoms with van der Waals surface area (Å²) in [7, 11) is 3.01. The van der Waals surface area contributed by atoms with E-state index < -0.39 is 11.8 Å². The van der Waals surface area contributed by atoms with Gasteiger partial charge in [0.15, 0.2) is 17.3 Å². The van der Waals surface area contributed by atoms with Crippen molar-refractivity contribution in [3.05, 3.63) is 137 Å². The second kappa shape index (κ2) is 13.6. The molecule has 4 rings (SSSR count). The molecule has 0 spiro atoms. The fraction of sp³-hybridized carbons (Fsp3) is 0.0882. The number of ether oxygens (including phenoxy) is 2. The number of carbonyl (C=O) groups is 3. The summed E-state index contributed by atoms with van der Waals surface area (Å²) in [6.45, 7) is 2.00. The fourth-order valence-corrected chi connectivity index (χ4v) is 3.99. The minimum atomic E-state index is -0.558. The van der Waals surface area contributed by atoms with E-state index in [1.54, 1.807) is 78.9 Å². The molecule has 0 aliphatic rings. The van der Waals surface area contributed by atoms with E-state index in [2.05, 4.69) is 10.6 Å². The van der Waals surface area contributed by atoms with Gasteiger partial charge in [0.05, 0.1) is 14.2 Å². The molecule has 0 heterocycles. The number of hydrogen-bond acceptors (Lipinski definition) is 5. The smallest absolute Gasteiger partial charge is 0.272 e. The van der Waals surface area contributed by atoms with Crippen LogP contribution in [0, 0.1) is 6.92 Å². The van der Waals surface area contributed by atoms with Gasteiger partial charge in [-0.3, -0.25) is 14.4 Å². The largest absolute Gasteiger partial charge is 0.493 e. The van der Waals surface area contributed by atoms with Crippen molar-refractivity contribution in [3.63, 3.8) is 0 Å². The Morgan fingerprint density at radius 3 is 2.10 bits per heavy atom. The van der Waals surface area contributed by atoms with Gasteiger partial charge in [0.25, 0.3) is 11.8 Å². The molecular formula is C34H30N2O5. The summed E-state index contributed by atoms with van der Waals surface area (Å²) in [5.41, 5.74) is 3.92. The summed E-state index contributed by atoms with van der Waals surface area (Å²) < 4.78 is 10.9. The third kappa shape index (κ3) is 7.58. The number of nitrogens with one attached hydrogen (secondary N) is 2. The van der Waals surface area contributed by atoms with Crippen LogP contribution in [-0.4, -0.2) is 31.8 Å². The maximum atomic E-state index is 13.4. The van der Waals surface area contributed by atoms with Crippen LogP contribution in [-0.2, 0) is 4.79 Å². The topological polar surface area (TPSA) is 93.7 Å². The molecule has 4 aromatic carbocycles. The zero-order chi connectivity index (χ0) is 29.2. The van der Waals surface area contributed by atoms with Crippen LogP contribution in [0.4, 0.5) is 5.69 Å². The lowest BCUT2D eigenvalue weighted by atomic mass is 10.1. The van der Waals surface area contributed by atoms with Gasteiger partial charge in [0.2, 0.25) is 0 Å².